The molecule has 0 atom stereocenters. The normalized spacial score (nSPS) is 13.6. The summed E-state index contributed by atoms with van der Waals surface area (Å²) in [7, 11) is 0. The molecule has 36 heavy (non-hydrogen) atoms. The molecule has 0 radical (unpaired) electrons. The molecule has 8 nitrogen and oxygen atoms in total. The number of urea groups is 1. The van der Waals surface area contributed by atoms with Crippen molar-refractivity contribution in [3.8, 4) is 0 Å². The van der Waals surface area contributed by atoms with Crippen LogP contribution in [-0.4, -0.2) is 34.9 Å². The van der Waals surface area contributed by atoms with E-state index in [0.717, 1.165) is 12.1 Å². The number of carbonyl (C=O) groups excluding carboxylic acids is 2. The van der Waals surface area contributed by atoms with Crippen molar-refractivity contribution in [2.75, 3.05) is 23.3 Å². The Kier molecular flexibility index (Phi) is 7.16. The van der Waals surface area contributed by atoms with Crippen molar-refractivity contribution in [1.29, 1.82) is 0 Å². The first-order valence-electron chi connectivity index (χ1n) is 11.0. The van der Waals surface area contributed by atoms with Gasteiger partial charge in [0, 0.05) is 42.5 Å². The first kappa shape index (κ1) is 25.1. The van der Waals surface area contributed by atoms with Gasteiger partial charge >= 0.3 is 6.03 Å². The lowest BCUT2D eigenvalue weighted by Gasteiger charge is -2.36. The molecule has 0 aliphatic carbocycles. The maximum atomic E-state index is 13.6. The molecule has 1 N–H and O–H groups in total. The van der Waals surface area contributed by atoms with Gasteiger partial charge in [-0.2, -0.15) is 0 Å². The van der Waals surface area contributed by atoms with Crippen LogP contribution in [0.15, 0.2) is 54.6 Å². The van der Waals surface area contributed by atoms with E-state index in [-0.39, 0.29) is 34.5 Å². The van der Waals surface area contributed by atoms with E-state index in [4.69, 9.17) is 11.6 Å². The van der Waals surface area contributed by atoms with Gasteiger partial charge in [-0.25, -0.2) is 13.6 Å². The van der Waals surface area contributed by atoms with Crippen LogP contribution in [0, 0.1) is 28.7 Å². The average Bonchev–Trinajstić information content (AvgIpc) is 2.84. The van der Waals surface area contributed by atoms with Gasteiger partial charge in [0.05, 0.1) is 15.6 Å². The summed E-state index contributed by atoms with van der Waals surface area (Å²) in [5.41, 5.74) is 1.49. The highest BCUT2D eigenvalue weighted by atomic mass is 35.5. The van der Waals surface area contributed by atoms with Crippen molar-refractivity contribution in [2.24, 2.45) is 0 Å². The second kappa shape index (κ2) is 10.3. The highest BCUT2D eigenvalue weighted by Crippen LogP contribution is 2.31. The Bertz CT molecular complexity index is 1370. The first-order valence-corrected chi connectivity index (χ1v) is 11.4. The fraction of sp³-hybridized carbons (Fsp3) is 0.200. The lowest BCUT2D eigenvalue weighted by Crippen LogP contribution is -2.49. The number of nitro benzene ring substituents is 1. The predicted octanol–water partition coefficient (Wildman–Crippen LogP) is 5.92. The Morgan fingerprint density at radius 2 is 1.86 bits per heavy atom. The number of halogens is 3. The number of aryl methyl sites for hydroxylation is 1. The number of rotatable bonds is 6. The number of hydrogen-bond donors (Lipinski definition) is 1. The van der Waals surface area contributed by atoms with E-state index in [1.54, 1.807) is 19.1 Å². The predicted molar refractivity (Wildman–Crippen MR) is 131 cm³/mol. The summed E-state index contributed by atoms with van der Waals surface area (Å²) < 4.78 is 26.8. The molecular formula is C25H21ClF2N4O4. The van der Waals surface area contributed by atoms with E-state index >= 15 is 0 Å². The maximum Gasteiger partial charge on any atom is 0.324 e. The van der Waals surface area contributed by atoms with Crippen LogP contribution in [0.1, 0.15) is 27.9 Å². The Morgan fingerprint density at radius 1 is 1.08 bits per heavy atom. The molecule has 1 fully saturated rings. The number of nitrogens with one attached hydrogen (secondary N) is 1. The molecule has 0 spiro atoms. The molecule has 1 heterocycles. The molecule has 0 saturated carbocycles. The second-order valence-corrected chi connectivity index (χ2v) is 8.74. The Labute approximate surface area is 210 Å². The van der Waals surface area contributed by atoms with Crippen LogP contribution in [0.25, 0.3) is 0 Å². The van der Waals surface area contributed by atoms with Crippen LogP contribution < -0.4 is 10.2 Å². The monoisotopic (exact) mass is 514 g/mol. The van der Waals surface area contributed by atoms with E-state index < -0.39 is 22.5 Å². The summed E-state index contributed by atoms with van der Waals surface area (Å²) in [5, 5.41) is 14.1. The summed E-state index contributed by atoms with van der Waals surface area (Å²) in [4.78, 5) is 39.6. The number of hydrogen-bond acceptors (Lipinski definition) is 4. The molecule has 1 aliphatic rings. The van der Waals surface area contributed by atoms with Crippen LogP contribution in [0.5, 0.6) is 0 Å². The van der Waals surface area contributed by atoms with Crippen molar-refractivity contribution in [3.05, 3.63) is 98.1 Å². The number of amides is 3. The maximum absolute atomic E-state index is 13.6. The summed E-state index contributed by atoms with van der Waals surface area (Å²) in [6.45, 7) is 2.53. The summed E-state index contributed by atoms with van der Waals surface area (Å²) in [5.74, 6) is -2.53. The van der Waals surface area contributed by atoms with Gasteiger partial charge in [0.25, 0.3) is 11.6 Å². The van der Waals surface area contributed by atoms with Crippen LogP contribution in [0.2, 0.25) is 5.02 Å². The zero-order valence-electron chi connectivity index (χ0n) is 19.1. The molecule has 4 rings (SSSR count). The first-order chi connectivity index (χ1) is 17.1. The van der Waals surface area contributed by atoms with E-state index in [9.17, 15) is 28.5 Å². The number of nitro groups is 1. The highest BCUT2D eigenvalue weighted by molar-refractivity contribution is 6.34. The van der Waals surface area contributed by atoms with E-state index in [2.05, 4.69) is 5.32 Å². The Balaban J connectivity index is 1.53. The van der Waals surface area contributed by atoms with Crippen LogP contribution in [-0.2, 0) is 6.54 Å². The van der Waals surface area contributed by atoms with Crippen molar-refractivity contribution >= 4 is 40.6 Å². The van der Waals surface area contributed by atoms with E-state index in [1.165, 1.54) is 40.1 Å². The van der Waals surface area contributed by atoms with Gasteiger partial charge in [-0.15, -0.1) is 0 Å². The van der Waals surface area contributed by atoms with Gasteiger partial charge in [-0.3, -0.25) is 19.8 Å². The minimum Gasteiger partial charge on any atom is -0.321 e. The Hall–Kier alpha value is -4.05. The number of carbonyl (C=O) groups is 2. The third-order valence-electron chi connectivity index (χ3n) is 5.85. The van der Waals surface area contributed by atoms with Gasteiger partial charge in [-0.1, -0.05) is 23.7 Å². The zero-order valence-corrected chi connectivity index (χ0v) is 19.9. The molecule has 0 unspecified atom stereocenters. The lowest BCUT2D eigenvalue weighted by atomic mass is 10.1. The SMILES string of the molecule is Cc1ccc(C(=O)Nc2cc(N3CCCN(Cc4ccc(F)c(F)c4)C3=O)ccc2Cl)cc1[N+](=O)[O-]. The third-order valence-corrected chi connectivity index (χ3v) is 6.18. The third kappa shape index (κ3) is 5.28. The van der Waals surface area contributed by atoms with E-state index in [0.29, 0.717) is 36.3 Å². The minimum absolute atomic E-state index is 0.0838. The molecule has 3 aromatic carbocycles. The van der Waals surface area contributed by atoms with Crippen molar-refractivity contribution in [3.63, 3.8) is 0 Å². The summed E-state index contributed by atoms with van der Waals surface area (Å²) >= 11 is 6.27. The van der Waals surface area contributed by atoms with Crippen LogP contribution in [0.3, 0.4) is 0 Å². The van der Waals surface area contributed by atoms with Crippen molar-refractivity contribution < 1.29 is 23.3 Å². The zero-order chi connectivity index (χ0) is 26.0. The molecule has 1 saturated heterocycles. The highest BCUT2D eigenvalue weighted by Gasteiger charge is 2.28. The van der Waals surface area contributed by atoms with Gasteiger partial charge in [0.15, 0.2) is 11.6 Å². The number of benzene rings is 3. The molecule has 186 valence electrons. The quantitative estimate of drug-likeness (QED) is 0.326. The molecule has 1 aliphatic heterocycles. The number of anilines is 2. The van der Waals surface area contributed by atoms with Crippen LogP contribution in [0.4, 0.5) is 30.6 Å². The molecule has 3 aromatic rings. The molecule has 0 bridgehead atoms. The van der Waals surface area contributed by atoms with Crippen LogP contribution >= 0.6 is 11.6 Å². The second-order valence-electron chi connectivity index (χ2n) is 8.33. The molecule has 11 heteroatoms. The molecule has 3 amide bonds. The Morgan fingerprint density at radius 3 is 2.58 bits per heavy atom. The largest absolute Gasteiger partial charge is 0.324 e. The summed E-state index contributed by atoms with van der Waals surface area (Å²) in [6.07, 6.45) is 0.632. The fourth-order valence-electron chi connectivity index (χ4n) is 3.95. The van der Waals surface area contributed by atoms with Gasteiger partial charge in [-0.05, 0) is 55.3 Å². The lowest BCUT2D eigenvalue weighted by molar-refractivity contribution is -0.385. The topological polar surface area (TPSA) is 95.8 Å². The standard InChI is InChI=1S/C25H21ClF2N4O4/c1-15-3-5-17(12-23(15)32(35)36)24(33)29-22-13-18(6-7-19(22)26)31-10-2-9-30(25(31)34)14-16-4-8-20(27)21(28)11-16/h3-8,11-13H,2,9-10,14H2,1H3,(H,29,33). The minimum atomic E-state index is -0.981. The average molecular weight is 515 g/mol. The molecular weight excluding hydrogens is 494 g/mol. The van der Waals surface area contributed by atoms with Crippen molar-refractivity contribution in [1.82, 2.24) is 4.90 Å². The number of nitrogens with zero attached hydrogens (tertiary/aromatic N) is 3. The molecule has 0 aromatic heterocycles. The smallest absolute Gasteiger partial charge is 0.321 e. The summed E-state index contributed by atoms with van der Waals surface area (Å²) in [6, 6.07) is 12.0. The fourth-order valence-corrected chi connectivity index (χ4v) is 4.11. The van der Waals surface area contributed by atoms with Crippen molar-refractivity contribution in [2.45, 2.75) is 19.9 Å². The van der Waals surface area contributed by atoms with Gasteiger partial charge < -0.3 is 10.2 Å². The van der Waals surface area contributed by atoms with Gasteiger partial charge in [0.1, 0.15) is 0 Å². The van der Waals surface area contributed by atoms with Gasteiger partial charge in [0.2, 0.25) is 0 Å². The van der Waals surface area contributed by atoms with E-state index in [1.807, 2.05) is 0 Å².